The van der Waals surface area contributed by atoms with Gasteiger partial charge in [0.2, 0.25) is 11.8 Å². The summed E-state index contributed by atoms with van der Waals surface area (Å²) in [4.78, 5) is 27.8. The minimum atomic E-state index is -0.662. The SMILES string of the molecule is CC(C)Cc1noc([C@H](C)NC(=O)CN(C)C(N)=O)n1. The number of primary amides is 1. The van der Waals surface area contributed by atoms with Gasteiger partial charge in [-0.15, -0.1) is 0 Å². The van der Waals surface area contributed by atoms with Crippen LogP contribution in [-0.4, -0.2) is 40.6 Å². The maximum absolute atomic E-state index is 11.7. The number of amides is 3. The third kappa shape index (κ3) is 4.87. The lowest BCUT2D eigenvalue weighted by atomic mass is 10.1. The first-order chi connectivity index (χ1) is 9.29. The van der Waals surface area contributed by atoms with Crippen molar-refractivity contribution in [2.24, 2.45) is 11.7 Å². The van der Waals surface area contributed by atoms with Crippen LogP contribution in [-0.2, 0) is 11.2 Å². The van der Waals surface area contributed by atoms with Crippen molar-refractivity contribution in [3.8, 4) is 0 Å². The standard InChI is InChI=1S/C12H21N5O3/c1-7(2)5-9-15-11(20-16-9)8(3)14-10(18)6-17(4)12(13)19/h7-8H,5-6H2,1-4H3,(H2,13,19)(H,14,18)/t8-/m0/s1. The van der Waals surface area contributed by atoms with E-state index in [0.29, 0.717) is 24.1 Å². The van der Waals surface area contributed by atoms with Gasteiger partial charge in [0, 0.05) is 13.5 Å². The van der Waals surface area contributed by atoms with Gasteiger partial charge in [-0.25, -0.2) is 4.79 Å². The molecule has 112 valence electrons. The Bertz CT molecular complexity index is 471. The molecule has 8 nitrogen and oxygen atoms in total. The van der Waals surface area contributed by atoms with Crippen LogP contribution in [0.15, 0.2) is 4.52 Å². The topological polar surface area (TPSA) is 114 Å². The van der Waals surface area contributed by atoms with E-state index in [-0.39, 0.29) is 12.5 Å². The fourth-order valence-corrected chi connectivity index (χ4v) is 1.53. The van der Waals surface area contributed by atoms with Gasteiger partial charge in [-0.05, 0) is 12.8 Å². The Hall–Kier alpha value is -2.12. The van der Waals surface area contributed by atoms with Gasteiger partial charge in [0.25, 0.3) is 0 Å². The second-order valence-electron chi connectivity index (χ2n) is 5.13. The number of likely N-dealkylation sites (N-methyl/N-ethyl adjacent to an activating group) is 1. The van der Waals surface area contributed by atoms with Crippen LogP contribution in [0.2, 0.25) is 0 Å². The zero-order valence-corrected chi connectivity index (χ0v) is 12.2. The van der Waals surface area contributed by atoms with Crippen LogP contribution in [0.25, 0.3) is 0 Å². The number of hydrogen-bond acceptors (Lipinski definition) is 5. The second-order valence-corrected chi connectivity index (χ2v) is 5.13. The Balaban J connectivity index is 2.53. The molecule has 0 bridgehead atoms. The highest BCUT2D eigenvalue weighted by Gasteiger charge is 2.18. The van der Waals surface area contributed by atoms with E-state index in [0.717, 1.165) is 4.90 Å². The number of hydrogen-bond donors (Lipinski definition) is 2. The van der Waals surface area contributed by atoms with E-state index < -0.39 is 12.1 Å². The summed E-state index contributed by atoms with van der Waals surface area (Å²) in [6, 6.07) is -1.08. The molecule has 0 radical (unpaired) electrons. The number of rotatable bonds is 6. The minimum absolute atomic E-state index is 0.118. The smallest absolute Gasteiger partial charge is 0.314 e. The third-order valence-electron chi connectivity index (χ3n) is 2.58. The Morgan fingerprint density at radius 1 is 1.40 bits per heavy atom. The van der Waals surface area contributed by atoms with Gasteiger partial charge in [0.1, 0.15) is 12.6 Å². The molecule has 1 rings (SSSR count). The number of carbonyl (C=O) groups excluding carboxylic acids is 2. The largest absolute Gasteiger partial charge is 0.351 e. The fraction of sp³-hybridized carbons (Fsp3) is 0.667. The molecular weight excluding hydrogens is 262 g/mol. The lowest BCUT2D eigenvalue weighted by Crippen LogP contribution is -2.41. The third-order valence-corrected chi connectivity index (χ3v) is 2.58. The summed E-state index contributed by atoms with van der Waals surface area (Å²) in [6.07, 6.45) is 0.717. The van der Waals surface area contributed by atoms with E-state index in [1.165, 1.54) is 7.05 Å². The number of aromatic nitrogens is 2. The molecule has 8 heteroatoms. The average molecular weight is 283 g/mol. The Morgan fingerprint density at radius 2 is 2.05 bits per heavy atom. The highest BCUT2D eigenvalue weighted by atomic mass is 16.5. The van der Waals surface area contributed by atoms with E-state index in [1.54, 1.807) is 6.92 Å². The summed E-state index contributed by atoms with van der Waals surface area (Å²) < 4.78 is 5.10. The van der Waals surface area contributed by atoms with Gasteiger partial charge in [-0.1, -0.05) is 19.0 Å². The molecule has 1 aromatic rings. The number of nitrogens with zero attached hydrogens (tertiary/aromatic N) is 3. The molecule has 0 aliphatic heterocycles. The van der Waals surface area contributed by atoms with Crippen LogP contribution >= 0.6 is 0 Å². The van der Waals surface area contributed by atoms with Crippen LogP contribution in [0.4, 0.5) is 4.79 Å². The number of carbonyl (C=O) groups is 2. The second kappa shape index (κ2) is 6.88. The van der Waals surface area contributed by atoms with Crippen molar-refractivity contribution in [1.82, 2.24) is 20.4 Å². The zero-order valence-electron chi connectivity index (χ0n) is 12.2. The van der Waals surface area contributed by atoms with E-state index in [9.17, 15) is 9.59 Å². The van der Waals surface area contributed by atoms with Crippen molar-refractivity contribution < 1.29 is 14.1 Å². The van der Waals surface area contributed by atoms with Gasteiger partial charge in [-0.3, -0.25) is 4.79 Å². The van der Waals surface area contributed by atoms with E-state index in [2.05, 4.69) is 29.3 Å². The summed E-state index contributed by atoms with van der Waals surface area (Å²) in [5.74, 6) is 1.04. The molecule has 0 saturated heterocycles. The van der Waals surface area contributed by atoms with E-state index >= 15 is 0 Å². The molecule has 20 heavy (non-hydrogen) atoms. The van der Waals surface area contributed by atoms with Gasteiger partial charge in [0.15, 0.2) is 5.82 Å². The average Bonchev–Trinajstić information content (AvgIpc) is 2.76. The normalized spacial score (nSPS) is 12.2. The molecular formula is C12H21N5O3. The Labute approximate surface area is 117 Å². The maximum Gasteiger partial charge on any atom is 0.314 e. The van der Waals surface area contributed by atoms with E-state index in [4.69, 9.17) is 10.3 Å². The van der Waals surface area contributed by atoms with Crippen LogP contribution in [0, 0.1) is 5.92 Å². The molecule has 1 aromatic heterocycles. The summed E-state index contributed by atoms with van der Waals surface area (Å²) in [6.45, 7) is 5.73. The van der Waals surface area contributed by atoms with Crippen molar-refractivity contribution >= 4 is 11.9 Å². The highest BCUT2D eigenvalue weighted by Crippen LogP contribution is 2.11. The number of nitrogens with two attached hydrogens (primary N) is 1. The van der Waals surface area contributed by atoms with Crippen molar-refractivity contribution in [3.63, 3.8) is 0 Å². The van der Waals surface area contributed by atoms with Gasteiger partial charge in [-0.2, -0.15) is 4.98 Å². The van der Waals surface area contributed by atoms with Crippen molar-refractivity contribution in [2.45, 2.75) is 33.2 Å². The number of nitrogens with one attached hydrogen (secondary N) is 1. The molecule has 0 aliphatic carbocycles. The molecule has 1 atom stereocenters. The molecule has 0 fully saturated rings. The highest BCUT2D eigenvalue weighted by molar-refractivity contribution is 5.83. The molecule has 0 saturated carbocycles. The van der Waals surface area contributed by atoms with Gasteiger partial charge in [0.05, 0.1) is 0 Å². The Kier molecular flexibility index (Phi) is 5.48. The zero-order chi connectivity index (χ0) is 15.3. The minimum Gasteiger partial charge on any atom is -0.351 e. The fourth-order valence-electron chi connectivity index (χ4n) is 1.53. The van der Waals surface area contributed by atoms with Crippen LogP contribution in [0.1, 0.15) is 38.5 Å². The molecule has 1 heterocycles. The van der Waals surface area contributed by atoms with Gasteiger partial charge < -0.3 is 20.5 Å². The van der Waals surface area contributed by atoms with Crippen molar-refractivity contribution in [1.29, 1.82) is 0 Å². The molecule has 0 unspecified atom stereocenters. The first-order valence-electron chi connectivity index (χ1n) is 6.42. The molecule has 0 spiro atoms. The van der Waals surface area contributed by atoms with Crippen LogP contribution < -0.4 is 11.1 Å². The predicted molar refractivity (Wildman–Crippen MR) is 71.6 cm³/mol. The first-order valence-corrected chi connectivity index (χ1v) is 6.42. The predicted octanol–water partition coefficient (Wildman–Crippen LogP) is 0.456. The maximum atomic E-state index is 11.7. The lowest BCUT2D eigenvalue weighted by Gasteiger charge is -2.15. The quantitative estimate of drug-likeness (QED) is 0.787. The molecule has 3 amide bonds. The van der Waals surface area contributed by atoms with Crippen LogP contribution in [0.3, 0.4) is 0 Å². The Morgan fingerprint density at radius 3 is 2.60 bits per heavy atom. The monoisotopic (exact) mass is 283 g/mol. The lowest BCUT2D eigenvalue weighted by molar-refractivity contribution is -0.122. The van der Waals surface area contributed by atoms with Crippen molar-refractivity contribution in [2.75, 3.05) is 13.6 Å². The van der Waals surface area contributed by atoms with E-state index in [1.807, 2.05) is 0 Å². The first kappa shape index (κ1) is 15.9. The summed E-state index contributed by atoms with van der Waals surface area (Å²) in [5, 5.41) is 6.52. The summed E-state index contributed by atoms with van der Waals surface area (Å²) in [5.41, 5.74) is 5.04. The molecule has 0 aromatic carbocycles. The summed E-state index contributed by atoms with van der Waals surface area (Å²) >= 11 is 0. The number of urea groups is 1. The van der Waals surface area contributed by atoms with Gasteiger partial charge >= 0.3 is 6.03 Å². The molecule has 0 aliphatic rings. The van der Waals surface area contributed by atoms with Crippen molar-refractivity contribution in [3.05, 3.63) is 11.7 Å². The summed E-state index contributed by atoms with van der Waals surface area (Å²) in [7, 11) is 1.44. The van der Waals surface area contributed by atoms with Crippen LogP contribution in [0.5, 0.6) is 0 Å². The molecule has 3 N–H and O–H groups in total.